The number of nitrogens with zero attached hydrogens (tertiary/aromatic N) is 1. The normalized spacial score (nSPS) is 10.8. The first kappa shape index (κ1) is 15.0. The Morgan fingerprint density at radius 3 is 2.52 bits per heavy atom. The van der Waals surface area contributed by atoms with Crippen molar-refractivity contribution in [3.05, 3.63) is 71.8 Å². The third-order valence-electron chi connectivity index (χ3n) is 3.24. The third-order valence-corrected chi connectivity index (χ3v) is 3.24. The van der Waals surface area contributed by atoms with Crippen LogP contribution in [0.25, 0.3) is 6.08 Å². The van der Waals surface area contributed by atoms with Crippen LogP contribution in [0.5, 0.6) is 0 Å². The first-order valence-electron chi connectivity index (χ1n) is 7.32. The van der Waals surface area contributed by atoms with E-state index < -0.39 is 0 Å². The van der Waals surface area contributed by atoms with Gasteiger partial charge in [0.05, 0.1) is 0 Å². The van der Waals surface area contributed by atoms with Gasteiger partial charge in [-0.05, 0) is 42.7 Å². The summed E-state index contributed by atoms with van der Waals surface area (Å²) in [6.45, 7) is 4.84. The van der Waals surface area contributed by atoms with Gasteiger partial charge in [0, 0.05) is 18.3 Å². The van der Waals surface area contributed by atoms with Gasteiger partial charge in [-0.3, -0.25) is 4.79 Å². The summed E-state index contributed by atoms with van der Waals surface area (Å²) in [5, 5.41) is 0. The van der Waals surface area contributed by atoms with Crippen molar-refractivity contribution < 1.29 is 4.79 Å². The predicted octanol–water partition coefficient (Wildman–Crippen LogP) is 4.45. The second kappa shape index (κ2) is 7.44. The van der Waals surface area contributed by atoms with Crippen LogP contribution in [0.3, 0.4) is 0 Å². The minimum atomic E-state index is 0.0197. The monoisotopic (exact) mass is 279 g/mol. The van der Waals surface area contributed by atoms with E-state index >= 15 is 0 Å². The number of hydrogen-bond donors (Lipinski definition) is 0. The molecule has 0 heterocycles. The zero-order valence-electron chi connectivity index (χ0n) is 12.6. The highest BCUT2D eigenvalue weighted by atomic mass is 16.2. The molecule has 0 bridgehead atoms. The smallest absolute Gasteiger partial charge is 0.250 e. The molecule has 2 aromatic carbocycles. The minimum absolute atomic E-state index is 0.0197. The molecule has 0 aliphatic heterocycles. The van der Waals surface area contributed by atoms with E-state index in [1.54, 1.807) is 6.08 Å². The van der Waals surface area contributed by atoms with E-state index in [0.29, 0.717) is 0 Å². The molecule has 0 spiro atoms. The number of rotatable bonds is 5. The van der Waals surface area contributed by atoms with E-state index in [4.69, 9.17) is 0 Å². The molecule has 2 nitrogen and oxygen atoms in total. The fourth-order valence-electron chi connectivity index (χ4n) is 2.21. The molecule has 1 amide bonds. The molecule has 21 heavy (non-hydrogen) atoms. The summed E-state index contributed by atoms with van der Waals surface area (Å²) in [4.78, 5) is 14.3. The van der Waals surface area contributed by atoms with Gasteiger partial charge in [-0.15, -0.1) is 0 Å². The molecule has 0 N–H and O–H groups in total. The number of carbonyl (C=O) groups is 1. The average molecular weight is 279 g/mol. The highest BCUT2D eigenvalue weighted by molar-refractivity contribution is 6.03. The maximum absolute atomic E-state index is 12.5. The van der Waals surface area contributed by atoms with E-state index in [0.717, 1.165) is 29.8 Å². The van der Waals surface area contributed by atoms with Gasteiger partial charge >= 0.3 is 0 Å². The topological polar surface area (TPSA) is 20.3 Å². The summed E-state index contributed by atoms with van der Waals surface area (Å²) in [5.41, 5.74) is 3.15. The Balaban J connectivity index is 2.18. The number of hydrogen-bond acceptors (Lipinski definition) is 1. The van der Waals surface area contributed by atoms with Crippen LogP contribution in [-0.4, -0.2) is 12.5 Å². The number of aryl methyl sites for hydroxylation is 1. The summed E-state index contributed by atoms with van der Waals surface area (Å²) >= 11 is 0. The van der Waals surface area contributed by atoms with E-state index in [2.05, 4.69) is 6.92 Å². The molecule has 108 valence electrons. The van der Waals surface area contributed by atoms with Gasteiger partial charge in [0.15, 0.2) is 0 Å². The fourth-order valence-corrected chi connectivity index (χ4v) is 2.21. The van der Waals surface area contributed by atoms with E-state index in [-0.39, 0.29) is 5.91 Å². The average Bonchev–Trinajstić information content (AvgIpc) is 2.51. The minimum Gasteiger partial charge on any atom is -0.309 e. The summed E-state index contributed by atoms with van der Waals surface area (Å²) in [6.07, 6.45) is 4.44. The molecule has 0 saturated heterocycles. The van der Waals surface area contributed by atoms with Crippen molar-refractivity contribution in [2.24, 2.45) is 0 Å². The van der Waals surface area contributed by atoms with Crippen molar-refractivity contribution in [2.45, 2.75) is 20.3 Å². The predicted molar refractivity (Wildman–Crippen MR) is 89.3 cm³/mol. The highest BCUT2D eigenvalue weighted by Crippen LogP contribution is 2.17. The Bertz CT molecular complexity index is 616. The lowest BCUT2D eigenvalue weighted by Gasteiger charge is -2.21. The summed E-state index contributed by atoms with van der Waals surface area (Å²) in [7, 11) is 0. The summed E-state index contributed by atoms with van der Waals surface area (Å²) in [6, 6.07) is 17.9. The summed E-state index contributed by atoms with van der Waals surface area (Å²) < 4.78 is 0. The molecule has 0 aliphatic carbocycles. The van der Waals surface area contributed by atoms with Crippen LogP contribution in [-0.2, 0) is 4.79 Å². The Hall–Kier alpha value is -2.35. The number of amides is 1. The Morgan fingerprint density at radius 1 is 1.10 bits per heavy atom. The van der Waals surface area contributed by atoms with Crippen molar-refractivity contribution in [2.75, 3.05) is 11.4 Å². The van der Waals surface area contributed by atoms with Crippen LogP contribution in [0, 0.1) is 6.92 Å². The van der Waals surface area contributed by atoms with Gasteiger partial charge in [0.1, 0.15) is 0 Å². The van der Waals surface area contributed by atoms with Crippen molar-refractivity contribution in [1.29, 1.82) is 0 Å². The quantitative estimate of drug-likeness (QED) is 0.740. The van der Waals surface area contributed by atoms with Crippen LogP contribution >= 0.6 is 0 Å². The molecular weight excluding hydrogens is 258 g/mol. The maximum atomic E-state index is 12.5. The van der Waals surface area contributed by atoms with Crippen LogP contribution < -0.4 is 4.90 Å². The first-order chi connectivity index (χ1) is 10.2. The van der Waals surface area contributed by atoms with Crippen LogP contribution in [0.4, 0.5) is 5.69 Å². The van der Waals surface area contributed by atoms with E-state index in [1.165, 1.54) is 0 Å². The standard InChI is InChI=1S/C19H21NO/c1-3-14-20(18-11-7-8-16(2)15-18)19(21)13-12-17-9-5-4-6-10-17/h4-13,15H,3,14H2,1-2H3/b13-12+. The molecule has 0 aromatic heterocycles. The second-order valence-electron chi connectivity index (χ2n) is 5.07. The number of carbonyl (C=O) groups excluding carboxylic acids is 1. The zero-order valence-corrected chi connectivity index (χ0v) is 12.6. The molecule has 2 rings (SSSR count). The second-order valence-corrected chi connectivity index (χ2v) is 5.07. The van der Waals surface area contributed by atoms with Gasteiger partial charge in [0.25, 0.3) is 5.91 Å². The van der Waals surface area contributed by atoms with E-state index in [9.17, 15) is 4.79 Å². The molecule has 2 aromatic rings. The van der Waals surface area contributed by atoms with Crippen LogP contribution in [0.1, 0.15) is 24.5 Å². The highest BCUT2D eigenvalue weighted by Gasteiger charge is 2.11. The lowest BCUT2D eigenvalue weighted by Crippen LogP contribution is -2.30. The number of anilines is 1. The van der Waals surface area contributed by atoms with Gasteiger partial charge in [-0.25, -0.2) is 0 Å². The lowest BCUT2D eigenvalue weighted by atomic mass is 10.2. The molecule has 0 fully saturated rings. The largest absolute Gasteiger partial charge is 0.309 e. The van der Waals surface area contributed by atoms with Gasteiger partial charge < -0.3 is 4.90 Å². The maximum Gasteiger partial charge on any atom is 0.250 e. The first-order valence-corrected chi connectivity index (χ1v) is 7.32. The number of benzene rings is 2. The fraction of sp³-hybridized carbons (Fsp3) is 0.211. The lowest BCUT2D eigenvalue weighted by molar-refractivity contribution is -0.114. The molecule has 0 aliphatic rings. The van der Waals surface area contributed by atoms with Crippen LogP contribution in [0.2, 0.25) is 0 Å². The molecule has 2 heteroatoms. The van der Waals surface area contributed by atoms with Crippen molar-refractivity contribution >= 4 is 17.7 Å². The molecule has 0 saturated carbocycles. The third kappa shape index (κ3) is 4.32. The SMILES string of the molecule is CCCN(C(=O)/C=C/c1ccccc1)c1cccc(C)c1. The van der Waals surface area contributed by atoms with Crippen molar-refractivity contribution in [1.82, 2.24) is 0 Å². The molecule has 0 radical (unpaired) electrons. The zero-order chi connectivity index (χ0) is 15.1. The Labute approximate surface area is 126 Å². The van der Waals surface area contributed by atoms with Crippen LogP contribution in [0.15, 0.2) is 60.7 Å². The van der Waals surface area contributed by atoms with Crippen molar-refractivity contribution in [3.63, 3.8) is 0 Å². The van der Waals surface area contributed by atoms with Gasteiger partial charge in [-0.1, -0.05) is 49.4 Å². The Kier molecular flexibility index (Phi) is 5.33. The molecule has 0 atom stereocenters. The van der Waals surface area contributed by atoms with Crippen molar-refractivity contribution in [3.8, 4) is 0 Å². The van der Waals surface area contributed by atoms with E-state index in [1.807, 2.05) is 72.5 Å². The molecular formula is C19H21NO. The van der Waals surface area contributed by atoms with Gasteiger partial charge in [-0.2, -0.15) is 0 Å². The summed E-state index contributed by atoms with van der Waals surface area (Å²) in [5.74, 6) is 0.0197. The Morgan fingerprint density at radius 2 is 1.86 bits per heavy atom. The molecule has 0 unspecified atom stereocenters. The van der Waals surface area contributed by atoms with Gasteiger partial charge in [0.2, 0.25) is 0 Å².